The number of carboxylic acids is 1. The molecule has 0 aliphatic rings. The third-order valence-corrected chi connectivity index (χ3v) is 2.49. The summed E-state index contributed by atoms with van der Waals surface area (Å²) in [5.74, 6) is -0.558. The van der Waals surface area contributed by atoms with Crippen molar-refractivity contribution in [3.8, 4) is 0 Å². The van der Waals surface area contributed by atoms with Gasteiger partial charge in [-0.25, -0.2) is 0 Å². The molecule has 3 heteroatoms. The quantitative estimate of drug-likeness (QED) is 0.917. The molecule has 1 N–H and O–H groups in total. The number of aliphatic carboxylic acids is 1. The number of hydrogen-bond donors (Lipinski definition) is 1. The first kappa shape index (κ1) is 15.2. The van der Waals surface area contributed by atoms with Crippen molar-refractivity contribution in [2.24, 2.45) is 5.92 Å². The molecule has 0 aliphatic heterocycles. The Kier molecular flexibility index (Phi) is 6.34. The predicted octanol–water partition coefficient (Wildman–Crippen LogP) is 3.65. The maximum absolute atomic E-state index is 10.8. The molecule has 0 heterocycles. The highest BCUT2D eigenvalue weighted by atomic mass is 79.9. The van der Waals surface area contributed by atoms with E-state index in [4.69, 9.17) is 5.11 Å². The lowest BCUT2D eigenvalue weighted by Crippen LogP contribution is -2.07. The summed E-state index contributed by atoms with van der Waals surface area (Å²) in [6.45, 7) is 6.06. The first-order chi connectivity index (χ1) is 7.00. The van der Waals surface area contributed by atoms with Gasteiger partial charge >= 0.3 is 5.97 Å². The average molecular weight is 287 g/mol. The van der Waals surface area contributed by atoms with Gasteiger partial charge in [0.05, 0.1) is 5.92 Å². The molecule has 0 aromatic heterocycles. The second-order valence-electron chi connectivity index (χ2n) is 4.40. The molecule has 0 bridgehead atoms. The van der Waals surface area contributed by atoms with E-state index < -0.39 is 11.9 Å². The lowest BCUT2D eigenvalue weighted by molar-refractivity contribution is -0.138. The second-order valence-corrected chi connectivity index (χ2v) is 4.40. The second kappa shape index (κ2) is 6.69. The number of carbonyl (C=O) groups is 1. The zero-order valence-electron chi connectivity index (χ0n) is 9.93. The molecule has 0 amide bonds. The molecular formula is C13H19BrO2. The number of benzene rings is 1. The van der Waals surface area contributed by atoms with Gasteiger partial charge in [0.15, 0.2) is 0 Å². The zero-order valence-corrected chi connectivity index (χ0v) is 11.6. The summed E-state index contributed by atoms with van der Waals surface area (Å²) >= 11 is 0. The Labute approximate surface area is 107 Å². The Bertz CT molecular complexity index is 330. The van der Waals surface area contributed by atoms with Crippen molar-refractivity contribution < 1.29 is 9.90 Å². The molecule has 0 saturated carbocycles. The third kappa shape index (κ3) is 4.35. The molecule has 1 rings (SSSR count). The van der Waals surface area contributed by atoms with E-state index >= 15 is 0 Å². The van der Waals surface area contributed by atoms with E-state index in [9.17, 15) is 4.79 Å². The van der Waals surface area contributed by atoms with E-state index in [0.717, 1.165) is 12.0 Å². The maximum Gasteiger partial charge on any atom is 0.310 e. The highest BCUT2D eigenvalue weighted by molar-refractivity contribution is 8.93. The Balaban J connectivity index is 0.00000225. The fraction of sp³-hybridized carbons (Fsp3) is 0.462. The standard InChI is InChI=1S/C13H18O2.BrH/c1-9(2)8-11-4-6-12(7-5-11)10(3)13(14)15;/h4-7,9-10H,8H2,1-3H3,(H,14,15);1H. The smallest absolute Gasteiger partial charge is 0.310 e. The van der Waals surface area contributed by atoms with Gasteiger partial charge in [-0.3, -0.25) is 4.79 Å². The number of rotatable bonds is 4. The fourth-order valence-electron chi connectivity index (χ4n) is 1.56. The van der Waals surface area contributed by atoms with Crippen molar-refractivity contribution in [3.63, 3.8) is 0 Å². The maximum atomic E-state index is 10.8. The van der Waals surface area contributed by atoms with Crippen LogP contribution in [0.25, 0.3) is 0 Å². The van der Waals surface area contributed by atoms with Gasteiger partial charge in [0.1, 0.15) is 0 Å². The van der Waals surface area contributed by atoms with Crippen molar-refractivity contribution in [3.05, 3.63) is 35.4 Å². The summed E-state index contributed by atoms with van der Waals surface area (Å²) in [4.78, 5) is 10.8. The average Bonchev–Trinajstić information content (AvgIpc) is 2.17. The Hall–Kier alpha value is -0.830. The molecule has 0 fully saturated rings. The third-order valence-electron chi connectivity index (χ3n) is 2.49. The summed E-state index contributed by atoms with van der Waals surface area (Å²) in [7, 11) is 0. The van der Waals surface area contributed by atoms with Gasteiger partial charge in [0.25, 0.3) is 0 Å². The van der Waals surface area contributed by atoms with Crippen LogP contribution in [0.5, 0.6) is 0 Å². The van der Waals surface area contributed by atoms with E-state index in [1.165, 1.54) is 5.56 Å². The highest BCUT2D eigenvalue weighted by Gasteiger charge is 2.12. The first-order valence-corrected chi connectivity index (χ1v) is 5.32. The number of hydrogen-bond acceptors (Lipinski definition) is 1. The molecule has 1 aromatic rings. The Morgan fingerprint density at radius 3 is 2.06 bits per heavy atom. The van der Waals surface area contributed by atoms with Crippen molar-refractivity contribution in [2.75, 3.05) is 0 Å². The monoisotopic (exact) mass is 286 g/mol. The number of halogens is 1. The van der Waals surface area contributed by atoms with Crippen molar-refractivity contribution in [2.45, 2.75) is 33.1 Å². The SMILES string of the molecule is Br.CC(C)Cc1ccc(C(C)C(=O)O)cc1. The summed E-state index contributed by atoms with van der Waals surface area (Å²) in [5.41, 5.74) is 2.14. The molecule has 1 atom stereocenters. The summed E-state index contributed by atoms with van der Waals surface area (Å²) in [5, 5.41) is 8.85. The molecule has 0 aliphatic carbocycles. The van der Waals surface area contributed by atoms with Gasteiger partial charge in [0, 0.05) is 0 Å². The Morgan fingerprint density at radius 2 is 1.69 bits per heavy atom. The first-order valence-electron chi connectivity index (χ1n) is 5.32. The molecule has 1 aromatic carbocycles. The van der Waals surface area contributed by atoms with Crippen molar-refractivity contribution in [1.82, 2.24) is 0 Å². The number of carboxylic acid groups (broad SMARTS) is 1. The normalized spacial score (nSPS) is 12.0. The van der Waals surface area contributed by atoms with E-state index in [0.29, 0.717) is 5.92 Å². The topological polar surface area (TPSA) is 37.3 Å². The van der Waals surface area contributed by atoms with Crippen LogP contribution in [0.1, 0.15) is 37.8 Å². The molecule has 16 heavy (non-hydrogen) atoms. The van der Waals surface area contributed by atoms with Crippen LogP contribution >= 0.6 is 17.0 Å². The minimum absolute atomic E-state index is 0. The highest BCUT2D eigenvalue weighted by Crippen LogP contribution is 2.17. The van der Waals surface area contributed by atoms with Crippen LogP contribution in [0.4, 0.5) is 0 Å². The van der Waals surface area contributed by atoms with Gasteiger partial charge in [-0.15, -0.1) is 17.0 Å². The largest absolute Gasteiger partial charge is 0.481 e. The summed E-state index contributed by atoms with van der Waals surface area (Å²) in [6, 6.07) is 7.87. The summed E-state index contributed by atoms with van der Waals surface area (Å²) in [6.07, 6.45) is 1.04. The predicted molar refractivity (Wildman–Crippen MR) is 71.4 cm³/mol. The lowest BCUT2D eigenvalue weighted by atomic mass is 9.97. The molecular weight excluding hydrogens is 268 g/mol. The van der Waals surface area contributed by atoms with Crippen LogP contribution < -0.4 is 0 Å². The van der Waals surface area contributed by atoms with E-state index in [-0.39, 0.29) is 17.0 Å². The van der Waals surface area contributed by atoms with E-state index in [2.05, 4.69) is 13.8 Å². The van der Waals surface area contributed by atoms with Crippen molar-refractivity contribution in [1.29, 1.82) is 0 Å². The minimum atomic E-state index is -0.772. The van der Waals surface area contributed by atoms with Gasteiger partial charge < -0.3 is 5.11 Å². The van der Waals surface area contributed by atoms with E-state index in [1.807, 2.05) is 24.3 Å². The van der Waals surface area contributed by atoms with Gasteiger partial charge in [0.2, 0.25) is 0 Å². The van der Waals surface area contributed by atoms with Gasteiger partial charge in [-0.05, 0) is 30.4 Å². The van der Waals surface area contributed by atoms with Crippen molar-refractivity contribution >= 4 is 23.0 Å². The lowest BCUT2D eigenvalue weighted by Gasteiger charge is -2.09. The summed E-state index contributed by atoms with van der Waals surface area (Å²) < 4.78 is 0. The zero-order chi connectivity index (χ0) is 11.4. The van der Waals surface area contributed by atoms with Crippen LogP contribution in [-0.2, 0) is 11.2 Å². The van der Waals surface area contributed by atoms with Crippen LogP contribution in [0.3, 0.4) is 0 Å². The molecule has 0 saturated heterocycles. The molecule has 0 radical (unpaired) electrons. The Morgan fingerprint density at radius 1 is 1.19 bits per heavy atom. The molecule has 0 spiro atoms. The fourth-order valence-corrected chi connectivity index (χ4v) is 1.56. The molecule has 90 valence electrons. The van der Waals surface area contributed by atoms with Crippen LogP contribution in [-0.4, -0.2) is 11.1 Å². The van der Waals surface area contributed by atoms with E-state index in [1.54, 1.807) is 6.92 Å². The van der Waals surface area contributed by atoms with Gasteiger partial charge in [-0.2, -0.15) is 0 Å². The minimum Gasteiger partial charge on any atom is -0.481 e. The van der Waals surface area contributed by atoms with Crippen LogP contribution in [0.2, 0.25) is 0 Å². The van der Waals surface area contributed by atoms with Gasteiger partial charge in [-0.1, -0.05) is 38.1 Å². The molecule has 1 unspecified atom stereocenters. The van der Waals surface area contributed by atoms with Crippen LogP contribution in [0.15, 0.2) is 24.3 Å². The molecule has 2 nitrogen and oxygen atoms in total. The van der Waals surface area contributed by atoms with Crippen LogP contribution in [0, 0.1) is 5.92 Å².